The van der Waals surface area contributed by atoms with Gasteiger partial charge in [-0.3, -0.25) is 14.4 Å². The topological polar surface area (TPSA) is 93.1 Å². The summed E-state index contributed by atoms with van der Waals surface area (Å²) >= 11 is 6.14. The summed E-state index contributed by atoms with van der Waals surface area (Å²) in [6.07, 6.45) is 0. The Morgan fingerprint density at radius 3 is 2.48 bits per heavy atom. The Morgan fingerprint density at radius 1 is 1.10 bits per heavy atom. The van der Waals surface area contributed by atoms with E-state index in [9.17, 15) is 18.8 Å². The first-order valence-corrected chi connectivity index (χ1v) is 8.88. The number of aryl methyl sites for hydroxylation is 1. The molecule has 1 aromatic heterocycles. The number of rotatable bonds is 4. The Labute approximate surface area is 170 Å². The van der Waals surface area contributed by atoms with Gasteiger partial charge in [-0.1, -0.05) is 23.7 Å². The van der Waals surface area contributed by atoms with Gasteiger partial charge in [0.15, 0.2) is 5.69 Å². The Kier molecular flexibility index (Phi) is 5.74. The maximum Gasteiger partial charge on any atom is 0.280 e. The van der Waals surface area contributed by atoms with Crippen molar-refractivity contribution in [1.82, 2.24) is 9.78 Å². The van der Waals surface area contributed by atoms with Gasteiger partial charge in [0.1, 0.15) is 11.5 Å². The summed E-state index contributed by atoms with van der Waals surface area (Å²) in [7, 11) is 0. The molecule has 29 heavy (non-hydrogen) atoms. The van der Waals surface area contributed by atoms with Crippen molar-refractivity contribution in [2.75, 3.05) is 10.6 Å². The van der Waals surface area contributed by atoms with Crippen LogP contribution in [0.5, 0.6) is 0 Å². The first kappa shape index (κ1) is 20.2. The number of hydrogen-bond donors (Lipinski definition) is 2. The van der Waals surface area contributed by atoms with Crippen molar-refractivity contribution in [1.29, 1.82) is 0 Å². The van der Waals surface area contributed by atoms with E-state index in [1.807, 2.05) is 0 Å². The second kappa shape index (κ2) is 8.24. The third-order valence-corrected chi connectivity index (χ3v) is 4.25. The molecule has 2 amide bonds. The van der Waals surface area contributed by atoms with Gasteiger partial charge in [-0.15, -0.1) is 0 Å². The lowest BCUT2D eigenvalue weighted by atomic mass is 10.2. The number of para-hydroxylation sites is 1. The average molecular weight is 415 g/mol. The van der Waals surface area contributed by atoms with Gasteiger partial charge in [0, 0.05) is 24.4 Å². The predicted octanol–water partition coefficient (Wildman–Crippen LogP) is 3.54. The van der Waals surface area contributed by atoms with Crippen LogP contribution in [0.25, 0.3) is 5.69 Å². The van der Waals surface area contributed by atoms with E-state index in [0.29, 0.717) is 11.4 Å². The van der Waals surface area contributed by atoms with E-state index in [4.69, 9.17) is 11.6 Å². The highest BCUT2D eigenvalue weighted by Crippen LogP contribution is 2.26. The largest absolute Gasteiger partial charge is 0.326 e. The molecule has 0 radical (unpaired) electrons. The van der Waals surface area contributed by atoms with E-state index in [0.717, 1.165) is 0 Å². The number of nitrogens with zero attached hydrogens (tertiary/aromatic N) is 2. The molecule has 0 fully saturated rings. The molecule has 0 saturated carbocycles. The van der Waals surface area contributed by atoms with Crippen LogP contribution in [0.2, 0.25) is 5.02 Å². The normalized spacial score (nSPS) is 10.5. The molecule has 2 N–H and O–H groups in total. The molecule has 0 aliphatic carbocycles. The van der Waals surface area contributed by atoms with E-state index in [1.165, 1.54) is 48.0 Å². The van der Waals surface area contributed by atoms with Gasteiger partial charge in [-0.2, -0.15) is 5.10 Å². The first-order chi connectivity index (χ1) is 13.8. The fourth-order valence-corrected chi connectivity index (χ4v) is 2.88. The van der Waals surface area contributed by atoms with Crippen LogP contribution in [0.4, 0.5) is 15.8 Å². The summed E-state index contributed by atoms with van der Waals surface area (Å²) in [6.45, 7) is 2.94. The van der Waals surface area contributed by atoms with Crippen LogP contribution in [0.15, 0.2) is 53.3 Å². The van der Waals surface area contributed by atoms with Gasteiger partial charge in [-0.25, -0.2) is 9.07 Å². The molecule has 0 unspecified atom stereocenters. The third-order valence-electron chi connectivity index (χ3n) is 3.94. The van der Waals surface area contributed by atoms with Crippen LogP contribution < -0.4 is 16.1 Å². The maximum absolute atomic E-state index is 14.1. The van der Waals surface area contributed by atoms with Gasteiger partial charge in [0.25, 0.3) is 5.91 Å². The smallest absolute Gasteiger partial charge is 0.280 e. The lowest BCUT2D eigenvalue weighted by molar-refractivity contribution is -0.114. The Morgan fingerprint density at radius 2 is 1.83 bits per heavy atom. The number of anilines is 2. The molecule has 0 bridgehead atoms. The molecule has 3 rings (SSSR count). The highest BCUT2D eigenvalue weighted by atomic mass is 35.5. The van der Waals surface area contributed by atoms with Crippen LogP contribution in [-0.4, -0.2) is 21.6 Å². The SMILES string of the molecule is CC(=O)Nc1ccc(NC(=O)c2nn(-c3ccccc3F)c(C)cc2=O)c(Cl)c1. The van der Waals surface area contributed by atoms with Crippen molar-refractivity contribution in [3.63, 3.8) is 0 Å². The highest BCUT2D eigenvalue weighted by molar-refractivity contribution is 6.34. The third kappa shape index (κ3) is 4.49. The minimum absolute atomic E-state index is 0.108. The zero-order valence-electron chi connectivity index (χ0n) is 15.5. The summed E-state index contributed by atoms with van der Waals surface area (Å²) < 4.78 is 15.3. The minimum atomic E-state index is -0.797. The van der Waals surface area contributed by atoms with Gasteiger partial charge in [0.2, 0.25) is 11.3 Å². The van der Waals surface area contributed by atoms with E-state index >= 15 is 0 Å². The Bertz CT molecular complexity index is 1180. The molecule has 148 valence electrons. The van der Waals surface area contributed by atoms with E-state index in [1.54, 1.807) is 19.1 Å². The second-order valence-corrected chi connectivity index (χ2v) is 6.60. The van der Waals surface area contributed by atoms with Crippen molar-refractivity contribution in [2.24, 2.45) is 0 Å². The second-order valence-electron chi connectivity index (χ2n) is 6.19. The summed E-state index contributed by atoms with van der Waals surface area (Å²) in [5, 5.41) is 9.27. The van der Waals surface area contributed by atoms with Crippen molar-refractivity contribution >= 4 is 34.8 Å². The summed E-state index contributed by atoms with van der Waals surface area (Å²) in [4.78, 5) is 36.0. The molecule has 0 aliphatic heterocycles. The molecule has 3 aromatic rings. The molecular formula is C20H16ClFN4O3. The lowest BCUT2D eigenvalue weighted by Crippen LogP contribution is -2.27. The number of hydrogen-bond acceptors (Lipinski definition) is 4. The molecule has 0 atom stereocenters. The number of aromatic nitrogens is 2. The average Bonchev–Trinajstić information content (AvgIpc) is 2.64. The van der Waals surface area contributed by atoms with Crippen molar-refractivity contribution in [3.05, 3.63) is 81.0 Å². The van der Waals surface area contributed by atoms with Gasteiger partial charge < -0.3 is 10.6 Å². The zero-order chi connectivity index (χ0) is 21.1. The van der Waals surface area contributed by atoms with Crippen molar-refractivity contribution in [3.8, 4) is 5.69 Å². The molecule has 0 spiro atoms. The fourth-order valence-electron chi connectivity index (χ4n) is 2.65. The number of carbonyl (C=O) groups excluding carboxylic acids is 2. The predicted molar refractivity (Wildman–Crippen MR) is 108 cm³/mol. The number of amides is 2. The monoisotopic (exact) mass is 414 g/mol. The molecule has 9 heteroatoms. The van der Waals surface area contributed by atoms with E-state index in [-0.39, 0.29) is 22.3 Å². The number of nitrogens with one attached hydrogen (secondary N) is 2. The maximum atomic E-state index is 14.1. The highest BCUT2D eigenvalue weighted by Gasteiger charge is 2.18. The van der Waals surface area contributed by atoms with Crippen LogP contribution >= 0.6 is 11.6 Å². The number of halogens is 2. The van der Waals surface area contributed by atoms with Crippen LogP contribution in [-0.2, 0) is 4.79 Å². The van der Waals surface area contributed by atoms with Gasteiger partial charge in [0.05, 0.1) is 10.7 Å². The van der Waals surface area contributed by atoms with Crippen molar-refractivity contribution in [2.45, 2.75) is 13.8 Å². The Balaban J connectivity index is 1.94. The molecule has 7 nitrogen and oxygen atoms in total. The van der Waals surface area contributed by atoms with Crippen molar-refractivity contribution < 1.29 is 14.0 Å². The molecule has 2 aromatic carbocycles. The van der Waals surface area contributed by atoms with Gasteiger partial charge >= 0.3 is 0 Å². The van der Waals surface area contributed by atoms with Crippen LogP contribution in [0.1, 0.15) is 23.1 Å². The van der Waals surface area contributed by atoms with Crippen LogP contribution in [0.3, 0.4) is 0 Å². The standard InChI is InChI=1S/C20H16ClFN4O3/c1-11-9-18(28)19(25-26(11)17-6-4-3-5-15(17)22)20(29)24-16-8-7-13(10-14(16)21)23-12(2)27/h3-10H,1-2H3,(H,23,27)(H,24,29). The first-order valence-electron chi connectivity index (χ1n) is 8.50. The molecular weight excluding hydrogens is 399 g/mol. The summed E-state index contributed by atoms with van der Waals surface area (Å²) in [5.74, 6) is -1.61. The molecule has 1 heterocycles. The number of carbonyl (C=O) groups is 2. The molecule has 0 aliphatic rings. The lowest BCUT2D eigenvalue weighted by Gasteiger charge is -2.13. The summed E-state index contributed by atoms with van der Waals surface area (Å²) in [5.41, 5.74) is 0.131. The molecule has 0 saturated heterocycles. The minimum Gasteiger partial charge on any atom is -0.326 e. The van der Waals surface area contributed by atoms with Crippen LogP contribution in [0, 0.1) is 12.7 Å². The fraction of sp³-hybridized carbons (Fsp3) is 0.100. The zero-order valence-corrected chi connectivity index (χ0v) is 16.2. The number of benzene rings is 2. The Hall–Kier alpha value is -3.52. The van der Waals surface area contributed by atoms with E-state index < -0.39 is 22.8 Å². The van der Waals surface area contributed by atoms with Gasteiger partial charge in [-0.05, 0) is 37.3 Å². The van der Waals surface area contributed by atoms with E-state index in [2.05, 4.69) is 15.7 Å². The summed E-state index contributed by atoms with van der Waals surface area (Å²) in [6, 6.07) is 11.6. The quantitative estimate of drug-likeness (QED) is 0.682.